The van der Waals surface area contributed by atoms with Crippen LogP contribution in [0.2, 0.25) is 5.02 Å². The lowest BCUT2D eigenvalue weighted by Gasteiger charge is -2.17. The maximum Gasteiger partial charge on any atom is 0.326 e. The molecule has 0 aliphatic carbocycles. The highest BCUT2D eigenvalue weighted by Gasteiger charge is 2.18. The molecule has 0 fully saturated rings. The Labute approximate surface area is 122 Å². The number of pyridine rings is 1. The molecular weight excluding hydrogens is 276 g/mol. The highest BCUT2D eigenvalue weighted by molar-refractivity contribution is 6.35. The Hall–Kier alpha value is -1.81. The number of nitrogens with zero attached hydrogens (tertiary/aromatic N) is 1. The molecule has 1 unspecified atom stereocenters. The van der Waals surface area contributed by atoms with E-state index >= 15 is 0 Å². The molecule has 2 N–H and O–H groups in total. The minimum absolute atomic E-state index is 0.586. The van der Waals surface area contributed by atoms with Gasteiger partial charge in [-0.15, -0.1) is 0 Å². The first-order chi connectivity index (χ1) is 9.63. The largest absolute Gasteiger partial charge is 0.480 e. The Morgan fingerprint density at radius 2 is 2.25 bits per heavy atom. The number of carboxylic acids is 1. The molecule has 0 aliphatic heterocycles. The fourth-order valence-electron chi connectivity index (χ4n) is 2.11. The second kappa shape index (κ2) is 6.57. The number of benzene rings is 1. The van der Waals surface area contributed by atoms with Gasteiger partial charge in [-0.1, -0.05) is 31.4 Å². The summed E-state index contributed by atoms with van der Waals surface area (Å²) >= 11 is 6.13. The molecule has 0 radical (unpaired) electrons. The number of rotatable bonds is 6. The van der Waals surface area contributed by atoms with Crippen molar-refractivity contribution in [1.82, 2.24) is 4.98 Å². The first-order valence-electron chi connectivity index (χ1n) is 6.66. The van der Waals surface area contributed by atoms with Gasteiger partial charge < -0.3 is 10.4 Å². The van der Waals surface area contributed by atoms with Crippen molar-refractivity contribution < 1.29 is 9.90 Å². The van der Waals surface area contributed by atoms with E-state index in [-0.39, 0.29) is 0 Å². The van der Waals surface area contributed by atoms with Crippen molar-refractivity contribution in [2.75, 3.05) is 5.32 Å². The number of hydrogen-bond acceptors (Lipinski definition) is 3. The summed E-state index contributed by atoms with van der Waals surface area (Å²) in [6.45, 7) is 2.04. The van der Waals surface area contributed by atoms with Crippen molar-refractivity contribution >= 4 is 34.2 Å². The summed E-state index contributed by atoms with van der Waals surface area (Å²) in [5.74, 6) is -0.850. The van der Waals surface area contributed by atoms with Crippen LogP contribution in [0.3, 0.4) is 0 Å². The van der Waals surface area contributed by atoms with Crippen molar-refractivity contribution in [3.8, 4) is 0 Å². The van der Waals surface area contributed by atoms with Crippen LogP contribution in [0.25, 0.3) is 10.9 Å². The van der Waals surface area contributed by atoms with Gasteiger partial charge in [0.05, 0.1) is 16.2 Å². The van der Waals surface area contributed by atoms with Crippen LogP contribution < -0.4 is 5.32 Å². The predicted octanol–water partition coefficient (Wildman–Crippen LogP) is 3.94. The molecule has 0 saturated carbocycles. The third-order valence-electron chi connectivity index (χ3n) is 3.19. The van der Waals surface area contributed by atoms with E-state index in [2.05, 4.69) is 10.3 Å². The topological polar surface area (TPSA) is 62.2 Å². The number of hydrogen-bond donors (Lipinski definition) is 2. The number of aromatic nitrogens is 1. The highest BCUT2D eigenvalue weighted by atomic mass is 35.5. The molecule has 5 heteroatoms. The van der Waals surface area contributed by atoms with E-state index in [1.807, 2.05) is 19.1 Å². The van der Waals surface area contributed by atoms with Gasteiger partial charge in [0.25, 0.3) is 0 Å². The maximum atomic E-state index is 11.3. The number of fused-ring (bicyclic) bond motifs is 1. The quantitative estimate of drug-likeness (QED) is 0.846. The maximum absolute atomic E-state index is 11.3. The van der Waals surface area contributed by atoms with Gasteiger partial charge in [-0.25, -0.2) is 4.79 Å². The zero-order valence-corrected chi connectivity index (χ0v) is 12.0. The van der Waals surface area contributed by atoms with Gasteiger partial charge in [-0.05, 0) is 30.7 Å². The van der Waals surface area contributed by atoms with Gasteiger partial charge in [0.15, 0.2) is 0 Å². The van der Waals surface area contributed by atoms with Crippen molar-refractivity contribution in [3.05, 3.63) is 35.5 Å². The lowest BCUT2D eigenvalue weighted by molar-refractivity contribution is -0.138. The van der Waals surface area contributed by atoms with Crippen LogP contribution in [0.1, 0.15) is 26.2 Å². The second-order valence-electron chi connectivity index (χ2n) is 4.67. The van der Waals surface area contributed by atoms with E-state index in [4.69, 9.17) is 11.6 Å². The molecule has 2 aromatic rings. The summed E-state index contributed by atoms with van der Waals surface area (Å²) in [4.78, 5) is 15.6. The highest BCUT2D eigenvalue weighted by Crippen LogP contribution is 2.28. The lowest BCUT2D eigenvalue weighted by Crippen LogP contribution is -2.29. The third kappa shape index (κ3) is 3.20. The van der Waals surface area contributed by atoms with Crippen molar-refractivity contribution in [3.63, 3.8) is 0 Å². The van der Waals surface area contributed by atoms with Crippen LogP contribution in [0.4, 0.5) is 5.69 Å². The third-order valence-corrected chi connectivity index (χ3v) is 3.52. The van der Waals surface area contributed by atoms with Crippen molar-refractivity contribution in [2.45, 2.75) is 32.2 Å². The Balaban J connectivity index is 2.32. The number of aliphatic carboxylic acids is 1. The minimum Gasteiger partial charge on any atom is -0.480 e. The van der Waals surface area contributed by atoms with Gasteiger partial charge in [0.2, 0.25) is 0 Å². The minimum atomic E-state index is -0.850. The number of carboxylic acid groups (broad SMARTS) is 1. The molecule has 0 amide bonds. The van der Waals surface area contributed by atoms with Crippen LogP contribution in [0, 0.1) is 0 Å². The average Bonchev–Trinajstić information content (AvgIpc) is 2.45. The summed E-state index contributed by atoms with van der Waals surface area (Å²) in [6.07, 6.45) is 4.09. The number of nitrogens with one attached hydrogen (secondary N) is 1. The van der Waals surface area contributed by atoms with E-state index in [0.29, 0.717) is 22.6 Å². The zero-order valence-electron chi connectivity index (χ0n) is 11.3. The van der Waals surface area contributed by atoms with E-state index in [1.54, 1.807) is 18.3 Å². The van der Waals surface area contributed by atoms with Gasteiger partial charge >= 0.3 is 5.97 Å². The normalized spacial score (nSPS) is 12.3. The smallest absolute Gasteiger partial charge is 0.326 e. The standard InChI is InChI=1S/C15H17ClN2O2/c1-2-3-6-13(15(19)20)18-12-8-7-11(16)10-5-4-9-17-14(10)12/h4-5,7-9,13,18H,2-3,6H2,1H3,(H,19,20). The predicted molar refractivity (Wildman–Crippen MR) is 81.3 cm³/mol. The van der Waals surface area contributed by atoms with Crippen LogP contribution >= 0.6 is 11.6 Å². The monoisotopic (exact) mass is 292 g/mol. The van der Waals surface area contributed by atoms with Crippen LogP contribution in [0.5, 0.6) is 0 Å². The van der Waals surface area contributed by atoms with E-state index in [1.165, 1.54) is 0 Å². The fourth-order valence-corrected chi connectivity index (χ4v) is 2.32. The summed E-state index contributed by atoms with van der Waals surface area (Å²) in [5, 5.41) is 13.8. The molecule has 2 rings (SSSR count). The molecule has 0 spiro atoms. The first-order valence-corrected chi connectivity index (χ1v) is 7.04. The van der Waals surface area contributed by atoms with Crippen molar-refractivity contribution in [1.29, 1.82) is 0 Å². The first kappa shape index (κ1) is 14.6. The molecule has 4 nitrogen and oxygen atoms in total. The molecule has 1 aromatic heterocycles. The van der Waals surface area contributed by atoms with Gasteiger partial charge in [0, 0.05) is 11.6 Å². The molecule has 106 valence electrons. The van der Waals surface area contributed by atoms with Gasteiger partial charge in [-0.3, -0.25) is 4.98 Å². The number of unbranched alkanes of at least 4 members (excludes halogenated alkanes) is 1. The fraction of sp³-hybridized carbons (Fsp3) is 0.333. The summed E-state index contributed by atoms with van der Waals surface area (Å²) in [6, 6.07) is 6.61. The van der Waals surface area contributed by atoms with Crippen LogP contribution in [0.15, 0.2) is 30.5 Å². The molecule has 1 heterocycles. The zero-order chi connectivity index (χ0) is 14.5. The molecular formula is C15H17ClN2O2. The summed E-state index contributed by atoms with van der Waals surface area (Å²) in [7, 11) is 0. The summed E-state index contributed by atoms with van der Waals surface area (Å²) in [5.41, 5.74) is 1.40. The Morgan fingerprint density at radius 1 is 1.45 bits per heavy atom. The molecule has 20 heavy (non-hydrogen) atoms. The van der Waals surface area contributed by atoms with Gasteiger partial charge in [0.1, 0.15) is 6.04 Å². The van der Waals surface area contributed by atoms with E-state index in [9.17, 15) is 9.90 Å². The number of carbonyl (C=O) groups is 1. The Morgan fingerprint density at radius 3 is 2.95 bits per heavy atom. The second-order valence-corrected chi connectivity index (χ2v) is 5.08. The Kier molecular flexibility index (Phi) is 4.79. The number of anilines is 1. The van der Waals surface area contributed by atoms with E-state index in [0.717, 1.165) is 18.2 Å². The molecule has 1 aromatic carbocycles. The SMILES string of the molecule is CCCCC(Nc1ccc(Cl)c2cccnc12)C(=O)O. The molecule has 0 bridgehead atoms. The Bertz CT molecular complexity index is 616. The lowest BCUT2D eigenvalue weighted by atomic mass is 10.1. The van der Waals surface area contributed by atoms with Crippen LogP contribution in [-0.2, 0) is 4.79 Å². The molecule has 0 aliphatic rings. The van der Waals surface area contributed by atoms with E-state index < -0.39 is 12.0 Å². The van der Waals surface area contributed by atoms with Gasteiger partial charge in [-0.2, -0.15) is 0 Å². The summed E-state index contributed by atoms with van der Waals surface area (Å²) < 4.78 is 0. The van der Waals surface area contributed by atoms with Crippen molar-refractivity contribution in [2.24, 2.45) is 0 Å². The van der Waals surface area contributed by atoms with Crippen LogP contribution in [-0.4, -0.2) is 22.1 Å². The molecule has 0 saturated heterocycles. The molecule has 1 atom stereocenters. The number of halogens is 1. The average molecular weight is 293 g/mol.